The third kappa shape index (κ3) is 4.36. The first-order valence-corrected chi connectivity index (χ1v) is 9.82. The quantitative estimate of drug-likeness (QED) is 0.788. The molecule has 2 aromatic rings. The van der Waals surface area contributed by atoms with Crippen LogP contribution in [0.25, 0.3) is 0 Å². The first-order chi connectivity index (χ1) is 11.4. The highest BCUT2D eigenvalue weighted by atomic mass is 79.9. The Morgan fingerprint density at radius 3 is 2.29 bits per heavy atom. The lowest BCUT2D eigenvalue weighted by Gasteiger charge is -2.19. The number of anilines is 1. The van der Waals surface area contributed by atoms with Gasteiger partial charge in [-0.2, -0.15) is 0 Å². The molecule has 0 fully saturated rings. The maximum atomic E-state index is 12.4. The number of sulfonamides is 1. The van der Waals surface area contributed by atoms with Gasteiger partial charge in [0, 0.05) is 28.8 Å². The van der Waals surface area contributed by atoms with Crippen molar-refractivity contribution in [2.45, 2.75) is 18.7 Å². The second kappa shape index (κ2) is 7.81. The highest BCUT2D eigenvalue weighted by molar-refractivity contribution is 9.10. The molecule has 0 heterocycles. The zero-order valence-electron chi connectivity index (χ0n) is 13.5. The summed E-state index contributed by atoms with van der Waals surface area (Å²) in [5, 5.41) is 0. The minimum atomic E-state index is -3.70. The summed E-state index contributed by atoms with van der Waals surface area (Å²) in [6, 6.07) is 12.9. The van der Waals surface area contributed by atoms with Gasteiger partial charge in [0.05, 0.1) is 4.90 Å². The molecule has 0 aliphatic carbocycles. The van der Waals surface area contributed by atoms with Gasteiger partial charge in [0.15, 0.2) is 0 Å². The first kappa shape index (κ1) is 18.5. The standard InChI is InChI=1S/C17H19BrN2O3S/c1-3-20(4-2)17(21)13-6-5-7-15(12-13)19-24(22,23)16-10-8-14(18)9-11-16/h5-12,19H,3-4H2,1-2H3. The molecule has 0 unspecified atom stereocenters. The normalized spacial score (nSPS) is 11.1. The molecule has 24 heavy (non-hydrogen) atoms. The average molecular weight is 411 g/mol. The second-order valence-corrected chi connectivity index (χ2v) is 7.72. The van der Waals surface area contributed by atoms with Crippen LogP contribution in [0.4, 0.5) is 5.69 Å². The van der Waals surface area contributed by atoms with Crippen LogP contribution in [0.5, 0.6) is 0 Å². The molecule has 0 saturated heterocycles. The topological polar surface area (TPSA) is 66.5 Å². The van der Waals surface area contributed by atoms with Crippen LogP contribution in [0.1, 0.15) is 24.2 Å². The Labute approximate surface area is 150 Å². The third-order valence-corrected chi connectivity index (χ3v) is 5.46. The van der Waals surface area contributed by atoms with E-state index < -0.39 is 10.0 Å². The van der Waals surface area contributed by atoms with Crippen LogP contribution >= 0.6 is 15.9 Å². The number of amides is 1. The van der Waals surface area contributed by atoms with Crippen molar-refractivity contribution in [2.24, 2.45) is 0 Å². The summed E-state index contributed by atoms with van der Waals surface area (Å²) in [5.74, 6) is -0.121. The van der Waals surface area contributed by atoms with Crippen LogP contribution < -0.4 is 4.72 Å². The fourth-order valence-corrected chi connectivity index (χ4v) is 3.55. The van der Waals surface area contributed by atoms with Gasteiger partial charge in [-0.05, 0) is 56.3 Å². The summed E-state index contributed by atoms with van der Waals surface area (Å²) in [5.41, 5.74) is 0.811. The van der Waals surface area contributed by atoms with E-state index >= 15 is 0 Å². The number of hydrogen-bond acceptors (Lipinski definition) is 3. The second-order valence-electron chi connectivity index (χ2n) is 5.12. The molecule has 1 N–H and O–H groups in total. The Hall–Kier alpha value is -1.86. The number of nitrogens with zero attached hydrogens (tertiary/aromatic N) is 1. The van der Waals surface area contributed by atoms with Crippen molar-refractivity contribution in [1.29, 1.82) is 0 Å². The van der Waals surface area contributed by atoms with E-state index in [0.29, 0.717) is 24.3 Å². The van der Waals surface area contributed by atoms with Crippen molar-refractivity contribution in [1.82, 2.24) is 4.90 Å². The van der Waals surface area contributed by atoms with Crippen LogP contribution in [0.2, 0.25) is 0 Å². The van der Waals surface area contributed by atoms with Crippen molar-refractivity contribution in [3.63, 3.8) is 0 Å². The fraction of sp³-hybridized carbons (Fsp3) is 0.235. The lowest BCUT2D eigenvalue weighted by atomic mass is 10.2. The van der Waals surface area contributed by atoms with Gasteiger partial charge in [0.25, 0.3) is 15.9 Å². The summed E-state index contributed by atoms with van der Waals surface area (Å²) in [6.45, 7) is 5.01. The Kier molecular flexibility index (Phi) is 6.01. The number of rotatable bonds is 6. The average Bonchev–Trinajstić information content (AvgIpc) is 2.56. The van der Waals surface area contributed by atoms with Gasteiger partial charge in [-0.1, -0.05) is 22.0 Å². The lowest BCUT2D eigenvalue weighted by molar-refractivity contribution is 0.0773. The largest absolute Gasteiger partial charge is 0.339 e. The molecule has 7 heteroatoms. The van der Waals surface area contributed by atoms with Crippen molar-refractivity contribution >= 4 is 37.5 Å². The zero-order valence-corrected chi connectivity index (χ0v) is 15.9. The van der Waals surface area contributed by atoms with Crippen LogP contribution in [0, 0.1) is 0 Å². The van der Waals surface area contributed by atoms with Crippen molar-refractivity contribution in [3.05, 3.63) is 58.6 Å². The number of carbonyl (C=O) groups is 1. The van der Waals surface area contributed by atoms with E-state index in [0.717, 1.165) is 4.47 Å². The van der Waals surface area contributed by atoms with Crippen molar-refractivity contribution < 1.29 is 13.2 Å². The van der Waals surface area contributed by atoms with E-state index in [1.54, 1.807) is 41.3 Å². The number of halogens is 1. The van der Waals surface area contributed by atoms with Crippen LogP contribution in [-0.4, -0.2) is 32.3 Å². The fourth-order valence-electron chi connectivity index (χ4n) is 2.24. The van der Waals surface area contributed by atoms with E-state index in [4.69, 9.17) is 0 Å². The molecule has 5 nitrogen and oxygen atoms in total. The van der Waals surface area contributed by atoms with Gasteiger partial charge >= 0.3 is 0 Å². The molecule has 0 bridgehead atoms. The Morgan fingerprint density at radius 1 is 1.08 bits per heavy atom. The van der Waals surface area contributed by atoms with E-state index in [2.05, 4.69) is 20.7 Å². The number of benzene rings is 2. The summed E-state index contributed by atoms with van der Waals surface area (Å²) in [4.78, 5) is 14.2. The van der Waals surface area contributed by atoms with Crippen molar-refractivity contribution in [3.8, 4) is 0 Å². The maximum Gasteiger partial charge on any atom is 0.261 e. The Balaban J connectivity index is 2.26. The minimum Gasteiger partial charge on any atom is -0.339 e. The summed E-state index contributed by atoms with van der Waals surface area (Å²) < 4.78 is 28.1. The summed E-state index contributed by atoms with van der Waals surface area (Å²) in [6.07, 6.45) is 0. The number of carbonyl (C=O) groups excluding carboxylic acids is 1. The monoisotopic (exact) mass is 410 g/mol. The highest BCUT2D eigenvalue weighted by Gasteiger charge is 2.16. The molecule has 0 aromatic heterocycles. The zero-order chi connectivity index (χ0) is 17.7. The summed E-state index contributed by atoms with van der Waals surface area (Å²) >= 11 is 3.27. The van der Waals surface area contributed by atoms with E-state index in [9.17, 15) is 13.2 Å². The van der Waals surface area contributed by atoms with Gasteiger partial charge < -0.3 is 4.90 Å². The first-order valence-electron chi connectivity index (χ1n) is 7.55. The van der Waals surface area contributed by atoms with E-state index in [1.807, 2.05) is 13.8 Å². The SMILES string of the molecule is CCN(CC)C(=O)c1cccc(NS(=O)(=O)c2ccc(Br)cc2)c1. The molecule has 0 saturated carbocycles. The van der Waals surface area contributed by atoms with Gasteiger partial charge in [-0.25, -0.2) is 8.42 Å². The third-order valence-electron chi connectivity index (χ3n) is 3.54. The van der Waals surface area contributed by atoms with Crippen molar-refractivity contribution in [2.75, 3.05) is 17.8 Å². The molecule has 1 amide bonds. The lowest BCUT2D eigenvalue weighted by Crippen LogP contribution is -2.30. The molecule has 128 valence electrons. The molecule has 2 rings (SSSR count). The minimum absolute atomic E-state index is 0.121. The Morgan fingerprint density at radius 2 is 1.71 bits per heavy atom. The van der Waals surface area contributed by atoms with Crippen LogP contribution in [0.3, 0.4) is 0 Å². The highest BCUT2D eigenvalue weighted by Crippen LogP contribution is 2.20. The van der Waals surface area contributed by atoms with E-state index in [1.165, 1.54) is 12.1 Å². The molecular formula is C17H19BrN2O3S. The summed E-state index contributed by atoms with van der Waals surface area (Å²) in [7, 11) is -3.70. The Bertz CT molecular complexity index is 816. The molecule has 0 atom stereocenters. The molecular weight excluding hydrogens is 392 g/mol. The van der Waals surface area contributed by atoms with Crippen LogP contribution in [0.15, 0.2) is 57.9 Å². The maximum absolute atomic E-state index is 12.4. The van der Waals surface area contributed by atoms with Crippen LogP contribution in [-0.2, 0) is 10.0 Å². The molecule has 0 radical (unpaired) electrons. The van der Waals surface area contributed by atoms with Gasteiger partial charge in [-0.3, -0.25) is 9.52 Å². The van der Waals surface area contributed by atoms with Gasteiger partial charge in [-0.15, -0.1) is 0 Å². The molecule has 0 spiro atoms. The molecule has 2 aromatic carbocycles. The molecule has 0 aliphatic rings. The van der Waals surface area contributed by atoms with E-state index in [-0.39, 0.29) is 10.8 Å². The predicted octanol–water partition coefficient (Wildman–Crippen LogP) is 3.73. The van der Waals surface area contributed by atoms with Gasteiger partial charge in [0.2, 0.25) is 0 Å². The number of hydrogen-bond donors (Lipinski definition) is 1. The number of nitrogens with one attached hydrogen (secondary N) is 1. The smallest absolute Gasteiger partial charge is 0.261 e. The van der Waals surface area contributed by atoms with Gasteiger partial charge in [0.1, 0.15) is 0 Å². The predicted molar refractivity (Wildman–Crippen MR) is 98.6 cm³/mol. The molecule has 0 aliphatic heterocycles.